The molecule has 0 fully saturated rings. The average molecular weight is 290 g/mol. The smallest absolute Gasteiger partial charge is 0.294 e. The van der Waals surface area contributed by atoms with Crippen LogP contribution in [0.4, 0.5) is 0 Å². The second-order valence-electron chi connectivity index (χ2n) is 3.48. The topological polar surface area (TPSA) is 97.5 Å². The van der Waals surface area contributed by atoms with Crippen LogP contribution in [-0.4, -0.2) is 20.3 Å². The molecule has 1 aliphatic rings. The van der Waals surface area contributed by atoms with E-state index in [-0.39, 0.29) is 5.56 Å². The average Bonchev–Trinajstić information content (AvgIpc) is 2.50. The van der Waals surface area contributed by atoms with Gasteiger partial charge in [-0.2, -0.15) is 5.10 Å². The maximum atomic E-state index is 10.8. The molecule has 20 heavy (non-hydrogen) atoms. The normalized spacial score (nSPS) is 16.4. The van der Waals surface area contributed by atoms with Crippen LogP contribution >= 0.6 is 0 Å². The zero-order chi connectivity index (χ0) is 14.2. The summed E-state index contributed by atoms with van der Waals surface area (Å²) >= 11 is 0. The van der Waals surface area contributed by atoms with Gasteiger partial charge in [-0.3, -0.25) is 4.79 Å². The molecule has 7 nitrogen and oxygen atoms in total. The fourth-order valence-electron chi connectivity index (χ4n) is 1.27. The van der Waals surface area contributed by atoms with Crippen molar-refractivity contribution in [1.82, 2.24) is 15.2 Å². The molecule has 0 bridgehead atoms. The van der Waals surface area contributed by atoms with Crippen molar-refractivity contribution >= 4 is 16.7 Å². The van der Waals surface area contributed by atoms with Gasteiger partial charge in [-0.1, -0.05) is 35.4 Å². The van der Waals surface area contributed by atoms with E-state index >= 15 is 0 Å². The molecule has 1 atom stereocenters. The van der Waals surface area contributed by atoms with E-state index in [0.717, 1.165) is 11.3 Å². The SMILES string of the molecule is O=S1C=CC(c2ccccc2)=NN1.O=c1cconn1. The first kappa shape index (κ1) is 13.8. The molecular formula is C12H10N4O3S. The molecule has 0 spiro atoms. The van der Waals surface area contributed by atoms with Crippen molar-refractivity contribution in [3.63, 3.8) is 0 Å². The Labute approximate surface area is 116 Å². The third-order valence-corrected chi connectivity index (χ3v) is 2.79. The molecule has 8 heteroatoms. The monoisotopic (exact) mass is 290 g/mol. The highest BCUT2D eigenvalue weighted by Crippen LogP contribution is 2.04. The van der Waals surface area contributed by atoms with Crippen molar-refractivity contribution in [3.05, 3.63) is 70.1 Å². The standard InChI is InChI=1S/C9H8N2OS.C3H2N2O2/c12-13-7-6-9(10-11-13)8-4-2-1-3-5-8;6-3-1-2-7-5-4-3/h1-7,11H;1-2H. The maximum absolute atomic E-state index is 10.8. The molecule has 1 aliphatic heterocycles. The fraction of sp³-hybridized carbons (Fsp3) is 0. The van der Waals surface area contributed by atoms with E-state index in [2.05, 4.69) is 24.8 Å². The van der Waals surface area contributed by atoms with E-state index < -0.39 is 11.0 Å². The number of allylic oxidation sites excluding steroid dienone is 1. The second-order valence-corrected chi connectivity index (χ2v) is 4.53. The Morgan fingerprint density at radius 3 is 2.45 bits per heavy atom. The van der Waals surface area contributed by atoms with Crippen molar-refractivity contribution in [3.8, 4) is 0 Å². The number of aromatic nitrogens is 2. The molecule has 1 N–H and O–H groups in total. The lowest BCUT2D eigenvalue weighted by molar-refractivity contribution is 0.355. The van der Waals surface area contributed by atoms with Gasteiger partial charge in [0.15, 0.2) is 11.0 Å². The Morgan fingerprint density at radius 2 is 1.95 bits per heavy atom. The maximum Gasteiger partial charge on any atom is 0.294 e. The number of benzene rings is 1. The highest BCUT2D eigenvalue weighted by Gasteiger charge is 2.04. The van der Waals surface area contributed by atoms with Gasteiger partial charge in [0.1, 0.15) is 6.26 Å². The van der Waals surface area contributed by atoms with Crippen molar-refractivity contribution < 1.29 is 8.73 Å². The molecule has 0 radical (unpaired) electrons. The number of hydrogen-bond acceptors (Lipinski definition) is 6. The molecule has 1 aromatic heterocycles. The number of hydrazone groups is 1. The predicted molar refractivity (Wildman–Crippen MR) is 74.0 cm³/mol. The van der Waals surface area contributed by atoms with Crippen molar-refractivity contribution in [2.45, 2.75) is 0 Å². The van der Waals surface area contributed by atoms with Crippen molar-refractivity contribution in [2.24, 2.45) is 5.10 Å². The summed E-state index contributed by atoms with van der Waals surface area (Å²) in [5, 5.41) is 11.5. The highest BCUT2D eigenvalue weighted by atomic mass is 32.2. The summed E-state index contributed by atoms with van der Waals surface area (Å²) in [4.78, 5) is 12.5. The van der Waals surface area contributed by atoms with Crippen LogP contribution in [0.3, 0.4) is 0 Å². The number of rotatable bonds is 1. The zero-order valence-electron chi connectivity index (χ0n) is 10.2. The minimum Gasteiger partial charge on any atom is -0.347 e. The van der Waals surface area contributed by atoms with Gasteiger partial charge >= 0.3 is 0 Å². The van der Waals surface area contributed by atoms with Gasteiger partial charge in [0.05, 0.1) is 5.71 Å². The third kappa shape index (κ3) is 4.25. The van der Waals surface area contributed by atoms with Crippen LogP contribution < -0.4 is 10.4 Å². The van der Waals surface area contributed by atoms with E-state index in [9.17, 15) is 9.00 Å². The van der Waals surface area contributed by atoms with Crippen LogP contribution in [0.1, 0.15) is 5.56 Å². The van der Waals surface area contributed by atoms with Crippen molar-refractivity contribution in [2.75, 3.05) is 0 Å². The van der Waals surface area contributed by atoms with Gasteiger partial charge in [0, 0.05) is 22.3 Å². The largest absolute Gasteiger partial charge is 0.347 e. The number of hydrogen-bond donors (Lipinski definition) is 1. The van der Waals surface area contributed by atoms with Crippen molar-refractivity contribution in [1.29, 1.82) is 0 Å². The predicted octanol–water partition coefficient (Wildman–Crippen LogP) is 0.601. The van der Waals surface area contributed by atoms with Crippen LogP contribution in [0.25, 0.3) is 0 Å². The van der Waals surface area contributed by atoms with Crippen LogP contribution in [0, 0.1) is 0 Å². The summed E-state index contributed by atoms with van der Waals surface area (Å²) in [5.41, 5.74) is 1.44. The summed E-state index contributed by atoms with van der Waals surface area (Å²) in [6.07, 6.45) is 2.93. The molecule has 1 unspecified atom stereocenters. The lowest BCUT2D eigenvalue weighted by Crippen LogP contribution is -2.15. The van der Waals surface area contributed by atoms with Gasteiger partial charge in [-0.25, -0.2) is 9.04 Å². The molecule has 0 amide bonds. The minimum absolute atomic E-state index is 0.383. The Kier molecular flexibility index (Phi) is 4.90. The van der Waals surface area contributed by atoms with E-state index in [0.29, 0.717) is 0 Å². The Hall–Kier alpha value is -2.61. The van der Waals surface area contributed by atoms with E-state index in [1.165, 1.54) is 12.3 Å². The molecule has 2 heterocycles. The molecule has 0 saturated heterocycles. The second kappa shape index (κ2) is 7.10. The van der Waals surface area contributed by atoms with Gasteiger partial charge < -0.3 is 4.52 Å². The first-order valence-electron chi connectivity index (χ1n) is 5.50. The van der Waals surface area contributed by atoms with Crippen LogP contribution in [0.5, 0.6) is 0 Å². The summed E-state index contributed by atoms with van der Waals surface area (Å²) in [5.74, 6) is 0. The fourth-order valence-corrected chi connectivity index (χ4v) is 1.77. The quantitative estimate of drug-likeness (QED) is 0.829. The summed E-state index contributed by atoms with van der Waals surface area (Å²) in [7, 11) is -1.15. The molecule has 0 saturated carbocycles. The molecule has 1 aromatic carbocycles. The first-order valence-corrected chi connectivity index (χ1v) is 6.72. The first-order chi connectivity index (χ1) is 9.75. The molecular weight excluding hydrogens is 280 g/mol. The summed E-state index contributed by atoms with van der Waals surface area (Å²) < 4.78 is 15.0. The molecule has 102 valence electrons. The Bertz CT molecular complexity index is 680. The molecule has 2 aromatic rings. The molecule has 0 aliphatic carbocycles. The highest BCUT2D eigenvalue weighted by molar-refractivity contribution is 7.86. The minimum atomic E-state index is -1.15. The zero-order valence-corrected chi connectivity index (χ0v) is 11.0. The Balaban J connectivity index is 0.000000178. The van der Waals surface area contributed by atoms with Gasteiger partial charge in [0.2, 0.25) is 0 Å². The lowest BCUT2D eigenvalue weighted by Gasteiger charge is -2.05. The van der Waals surface area contributed by atoms with Gasteiger partial charge in [0.25, 0.3) is 5.56 Å². The summed E-state index contributed by atoms with van der Waals surface area (Å²) in [6.45, 7) is 0. The number of nitrogens with one attached hydrogen (secondary N) is 1. The molecule has 3 rings (SSSR count). The van der Waals surface area contributed by atoms with Crippen LogP contribution in [0.15, 0.2) is 68.6 Å². The third-order valence-electron chi connectivity index (χ3n) is 2.13. The van der Waals surface area contributed by atoms with Gasteiger partial charge in [-0.05, 0) is 6.08 Å². The number of nitrogens with zero attached hydrogens (tertiary/aromatic N) is 3. The Morgan fingerprint density at radius 1 is 1.15 bits per heavy atom. The van der Waals surface area contributed by atoms with E-state index in [4.69, 9.17) is 0 Å². The van der Waals surface area contributed by atoms with Crippen LogP contribution in [0.2, 0.25) is 0 Å². The van der Waals surface area contributed by atoms with Crippen LogP contribution in [-0.2, 0) is 11.0 Å². The van der Waals surface area contributed by atoms with E-state index in [1.54, 1.807) is 11.5 Å². The lowest BCUT2D eigenvalue weighted by atomic mass is 10.1. The summed E-state index contributed by atoms with van der Waals surface area (Å²) in [6, 6.07) is 10.9. The van der Waals surface area contributed by atoms with Gasteiger partial charge in [-0.15, -0.1) is 0 Å². The van der Waals surface area contributed by atoms with E-state index in [1.807, 2.05) is 30.3 Å².